The Balaban J connectivity index is 1.21. The number of aromatic nitrogens is 2. The zero-order valence-electron chi connectivity index (χ0n) is 19.2. The number of carbonyl (C=O) groups excluding carboxylic acids is 1. The topological polar surface area (TPSA) is 59.2 Å². The van der Waals surface area contributed by atoms with E-state index in [1.165, 1.54) is 24.3 Å². The van der Waals surface area contributed by atoms with Crippen molar-refractivity contribution in [1.82, 2.24) is 14.9 Å². The molecule has 2 aromatic carbocycles. The minimum Gasteiger partial charge on any atom is -0.445 e. The Labute approximate surface area is 202 Å². The first-order valence-electron chi connectivity index (χ1n) is 11.7. The number of piperidine rings is 1. The molecule has 1 aliphatic rings. The van der Waals surface area contributed by atoms with Crippen LogP contribution in [0.25, 0.3) is 0 Å². The van der Waals surface area contributed by atoms with Gasteiger partial charge in [0.2, 0.25) is 0 Å². The van der Waals surface area contributed by atoms with Gasteiger partial charge in [-0.2, -0.15) is 0 Å². The van der Waals surface area contributed by atoms with E-state index in [1.807, 2.05) is 17.0 Å². The summed E-state index contributed by atoms with van der Waals surface area (Å²) < 4.78 is 32.5. The predicted octanol–water partition coefficient (Wildman–Crippen LogP) is 5.55. The molecule has 0 spiro atoms. The number of oxazole rings is 1. The summed E-state index contributed by atoms with van der Waals surface area (Å²) in [7, 11) is 0. The largest absolute Gasteiger partial charge is 0.445 e. The Kier molecular flexibility index (Phi) is 6.66. The van der Waals surface area contributed by atoms with Crippen molar-refractivity contribution < 1.29 is 18.0 Å². The van der Waals surface area contributed by atoms with Gasteiger partial charge in [0.1, 0.15) is 17.4 Å². The average molecular weight is 474 g/mol. The molecule has 4 aromatic rings. The number of halogens is 2. The third-order valence-corrected chi connectivity index (χ3v) is 6.27. The second-order valence-corrected chi connectivity index (χ2v) is 8.90. The number of hydrogen-bond acceptors (Lipinski definition) is 4. The van der Waals surface area contributed by atoms with Crippen molar-refractivity contribution in [3.8, 4) is 0 Å². The average Bonchev–Trinajstić information content (AvgIpc) is 3.34. The lowest BCUT2D eigenvalue weighted by molar-refractivity contribution is 0.0697. The van der Waals surface area contributed by atoms with Crippen molar-refractivity contribution in [3.05, 3.63) is 119 Å². The van der Waals surface area contributed by atoms with Crippen LogP contribution in [0.5, 0.6) is 0 Å². The van der Waals surface area contributed by atoms with Gasteiger partial charge in [0.25, 0.3) is 5.91 Å². The zero-order valence-corrected chi connectivity index (χ0v) is 19.2. The van der Waals surface area contributed by atoms with Crippen LogP contribution in [0.3, 0.4) is 0 Å². The lowest BCUT2D eigenvalue weighted by Gasteiger charge is -2.31. The number of pyridine rings is 1. The summed E-state index contributed by atoms with van der Waals surface area (Å²) in [5, 5.41) is 0. The van der Waals surface area contributed by atoms with Crippen molar-refractivity contribution >= 4 is 5.91 Å². The number of nitrogens with zero attached hydrogens (tertiary/aromatic N) is 3. The van der Waals surface area contributed by atoms with Gasteiger partial charge in [-0.25, -0.2) is 13.8 Å². The molecule has 0 N–H and O–H groups in total. The Morgan fingerprint density at radius 3 is 2.57 bits per heavy atom. The first-order valence-corrected chi connectivity index (χ1v) is 11.7. The van der Waals surface area contributed by atoms with Gasteiger partial charge in [-0.05, 0) is 60.4 Å². The quantitative estimate of drug-likeness (QED) is 0.369. The first-order chi connectivity index (χ1) is 17.0. The molecule has 3 heterocycles. The minimum atomic E-state index is -0.275. The number of likely N-dealkylation sites (tertiary alicyclic amines) is 1. The molecule has 2 aromatic heterocycles. The Morgan fingerprint density at radius 1 is 0.943 bits per heavy atom. The second kappa shape index (κ2) is 10.2. The molecule has 5 nitrogen and oxygen atoms in total. The summed E-state index contributed by atoms with van der Waals surface area (Å²) in [6.07, 6.45) is 6.09. The molecular weight excluding hydrogens is 448 g/mol. The lowest BCUT2D eigenvalue weighted by atomic mass is 9.97. The van der Waals surface area contributed by atoms with Crippen LogP contribution in [0, 0.1) is 11.6 Å². The van der Waals surface area contributed by atoms with E-state index in [-0.39, 0.29) is 23.5 Å². The number of carbonyl (C=O) groups is 1. The van der Waals surface area contributed by atoms with Crippen LogP contribution in [-0.2, 0) is 12.8 Å². The van der Waals surface area contributed by atoms with E-state index in [0.29, 0.717) is 43.1 Å². The Hall–Kier alpha value is -3.87. The SMILES string of the molecule is O=C(c1ccc(Cc2cccc(F)c2)nc1)N1CCC[C@H](c2ncc(Cc3ccc(F)cc3)o2)C1. The molecule has 1 fully saturated rings. The fourth-order valence-electron chi connectivity index (χ4n) is 4.45. The molecule has 1 amide bonds. The molecule has 1 atom stereocenters. The van der Waals surface area contributed by atoms with E-state index in [4.69, 9.17) is 4.42 Å². The number of benzene rings is 2. The van der Waals surface area contributed by atoms with E-state index < -0.39 is 0 Å². The van der Waals surface area contributed by atoms with Gasteiger partial charge in [0.05, 0.1) is 17.7 Å². The number of rotatable bonds is 6. The van der Waals surface area contributed by atoms with Crippen LogP contribution >= 0.6 is 0 Å². The second-order valence-electron chi connectivity index (χ2n) is 8.90. The van der Waals surface area contributed by atoms with Crippen LogP contribution < -0.4 is 0 Å². The van der Waals surface area contributed by atoms with Crippen LogP contribution in [0.2, 0.25) is 0 Å². The van der Waals surface area contributed by atoms with Gasteiger partial charge in [0, 0.05) is 37.8 Å². The molecule has 0 radical (unpaired) electrons. The van der Waals surface area contributed by atoms with Gasteiger partial charge in [-0.3, -0.25) is 9.78 Å². The fourth-order valence-corrected chi connectivity index (χ4v) is 4.45. The molecular formula is C28H25F2N3O2. The van der Waals surface area contributed by atoms with Crippen molar-refractivity contribution in [2.45, 2.75) is 31.6 Å². The number of amides is 1. The molecule has 1 aliphatic heterocycles. The standard InChI is InChI=1S/C28H25F2N3O2/c29-23-9-6-19(7-10-23)15-26-17-32-27(35-26)22-4-2-12-33(18-22)28(34)21-8-11-25(31-16-21)14-20-3-1-5-24(30)13-20/h1,3,5-11,13,16-17,22H,2,4,12,14-15,18H2/t22-/m0/s1. The Morgan fingerprint density at radius 2 is 1.80 bits per heavy atom. The van der Waals surface area contributed by atoms with Crippen molar-refractivity contribution in [2.24, 2.45) is 0 Å². The molecule has 35 heavy (non-hydrogen) atoms. The molecule has 0 saturated carbocycles. The maximum Gasteiger partial charge on any atom is 0.255 e. The molecule has 0 unspecified atom stereocenters. The molecule has 7 heteroatoms. The van der Waals surface area contributed by atoms with Gasteiger partial charge in [-0.15, -0.1) is 0 Å². The summed E-state index contributed by atoms with van der Waals surface area (Å²) in [4.78, 5) is 23.8. The third-order valence-electron chi connectivity index (χ3n) is 6.27. The summed E-state index contributed by atoms with van der Waals surface area (Å²) in [5.41, 5.74) is 3.08. The fraction of sp³-hybridized carbons (Fsp3) is 0.250. The van der Waals surface area contributed by atoms with E-state index in [2.05, 4.69) is 9.97 Å². The molecule has 5 rings (SSSR count). The maximum atomic E-state index is 13.4. The van der Waals surface area contributed by atoms with Crippen molar-refractivity contribution in [1.29, 1.82) is 0 Å². The van der Waals surface area contributed by atoms with E-state index in [1.54, 1.807) is 36.7 Å². The normalized spacial score (nSPS) is 15.8. The highest BCUT2D eigenvalue weighted by atomic mass is 19.1. The predicted molar refractivity (Wildman–Crippen MR) is 127 cm³/mol. The van der Waals surface area contributed by atoms with Crippen LogP contribution in [0.15, 0.2) is 77.5 Å². The number of hydrogen-bond donors (Lipinski definition) is 0. The van der Waals surface area contributed by atoms with Crippen molar-refractivity contribution in [2.75, 3.05) is 13.1 Å². The summed E-state index contributed by atoms with van der Waals surface area (Å²) in [6.45, 7) is 1.20. The van der Waals surface area contributed by atoms with E-state index in [0.717, 1.165) is 29.7 Å². The van der Waals surface area contributed by atoms with Gasteiger partial charge in [-0.1, -0.05) is 24.3 Å². The van der Waals surface area contributed by atoms with Crippen molar-refractivity contribution in [3.63, 3.8) is 0 Å². The molecule has 0 aliphatic carbocycles. The highest BCUT2D eigenvalue weighted by Gasteiger charge is 2.28. The molecule has 0 bridgehead atoms. The summed E-state index contributed by atoms with van der Waals surface area (Å²) in [6, 6.07) is 16.3. The van der Waals surface area contributed by atoms with Gasteiger partial charge >= 0.3 is 0 Å². The van der Waals surface area contributed by atoms with Gasteiger partial charge < -0.3 is 9.32 Å². The lowest BCUT2D eigenvalue weighted by Crippen LogP contribution is -2.39. The minimum absolute atomic E-state index is 0.0230. The van der Waals surface area contributed by atoms with Crippen LogP contribution in [0.1, 0.15) is 57.6 Å². The highest BCUT2D eigenvalue weighted by Crippen LogP contribution is 2.28. The van der Waals surface area contributed by atoms with E-state index >= 15 is 0 Å². The highest BCUT2D eigenvalue weighted by molar-refractivity contribution is 5.94. The third kappa shape index (κ3) is 5.62. The zero-order chi connectivity index (χ0) is 24.2. The molecule has 178 valence electrons. The summed E-state index contributed by atoms with van der Waals surface area (Å²) in [5.74, 6) is 0.752. The smallest absolute Gasteiger partial charge is 0.255 e. The molecule has 1 saturated heterocycles. The van der Waals surface area contributed by atoms with Crippen LogP contribution in [0.4, 0.5) is 8.78 Å². The van der Waals surface area contributed by atoms with Crippen LogP contribution in [-0.4, -0.2) is 33.9 Å². The van der Waals surface area contributed by atoms with Gasteiger partial charge in [0.15, 0.2) is 5.89 Å². The summed E-state index contributed by atoms with van der Waals surface area (Å²) >= 11 is 0. The maximum absolute atomic E-state index is 13.4. The monoisotopic (exact) mass is 473 g/mol. The Bertz CT molecular complexity index is 1300. The van der Waals surface area contributed by atoms with E-state index in [9.17, 15) is 13.6 Å². The first kappa shape index (κ1) is 22.9.